The van der Waals surface area contributed by atoms with Crippen LogP contribution in [-0.2, 0) is 29.1 Å². The summed E-state index contributed by atoms with van der Waals surface area (Å²) in [6, 6.07) is 16.4. The third-order valence-electron chi connectivity index (χ3n) is 4.45. The maximum atomic E-state index is 12.1. The molecule has 0 fully saturated rings. The van der Waals surface area contributed by atoms with Crippen LogP contribution < -0.4 is 5.32 Å². The molecule has 0 aliphatic carbocycles. The van der Waals surface area contributed by atoms with E-state index < -0.39 is 0 Å². The molecule has 1 aromatic heterocycles. The molecule has 2 aromatic carbocycles. The Balaban J connectivity index is 1.36. The number of hydrogen-bond acceptors (Lipinski definition) is 4. The minimum absolute atomic E-state index is 0.105. The third-order valence-corrected chi connectivity index (χ3v) is 5.54. The van der Waals surface area contributed by atoms with Gasteiger partial charge in [0, 0.05) is 13.0 Å². The van der Waals surface area contributed by atoms with E-state index in [1.54, 1.807) is 11.3 Å². The highest BCUT2D eigenvalue weighted by atomic mass is 32.1. The minimum Gasteiger partial charge on any atom is -0.374 e. The molecule has 5 heteroatoms. The molecule has 0 bridgehead atoms. The standard InChI is InChI=1S/C23H28N2O2S/c1-17(2)27-16-19-9-7-8-18(14-19)15-24-22(26)12-5-6-13-23-25-20-10-3-4-11-21(20)28-23/h3-4,7-11,14,17H,5-6,12-13,15-16H2,1-2H3,(H,24,26). The van der Waals surface area contributed by atoms with Crippen molar-refractivity contribution in [2.45, 2.75) is 58.8 Å². The van der Waals surface area contributed by atoms with Gasteiger partial charge in [-0.15, -0.1) is 11.3 Å². The number of unbranched alkanes of at least 4 members (excludes halogenated alkanes) is 1. The van der Waals surface area contributed by atoms with Crippen LogP contribution in [0.1, 0.15) is 49.2 Å². The van der Waals surface area contributed by atoms with E-state index in [2.05, 4.69) is 28.5 Å². The molecule has 28 heavy (non-hydrogen) atoms. The van der Waals surface area contributed by atoms with E-state index >= 15 is 0 Å². The number of rotatable bonds is 10. The number of carbonyl (C=O) groups excluding carboxylic acids is 1. The summed E-state index contributed by atoms with van der Waals surface area (Å²) in [6.07, 6.45) is 3.57. The van der Waals surface area contributed by atoms with Gasteiger partial charge in [0.15, 0.2) is 0 Å². The summed E-state index contributed by atoms with van der Waals surface area (Å²) < 4.78 is 6.87. The fraction of sp³-hybridized carbons (Fsp3) is 0.391. The van der Waals surface area contributed by atoms with E-state index in [1.165, 1.54) is 4.70 Å². The predicted octanol–water partition coefficient (Wildman–Crippen LogP) is 5.25. The Labute approximate surface area is 171 Å². The molecule has 3 aromatic rings. The minimum atomic E-state index is 0.105. The van der Waals surface area contributed by atoms with Gasteiger partial charge in [0.1, 0.15) is 0 Å². The van der Waals surface area contributed by atoms with Crippen LogP contribution in [0, 0.1) is 0 Å². The first-order chi connectivity index (χ1) is 13.6. The second kappa shape index (κ2) is 10.3. The van der Waals surface area contributed by atoms with Crippen LogP contribution in [0.25, 0.3) is 10.2 Å². The van der Waals surface area contributed by atoms with Gasteiger partial charge in [0.05, 0.1) is 27.9 Å². The average Bonchev–Trinajstić information content (AvgIpc) is 3.11. The van der Waals surface area contributed by atoms with Crippen LogP contribution in [0.15, 0.2) is 48.5 Å². The number of para-hydroxylation sites is 1. The Hall–Kier alpha value is -2.24. The monoisotopic (exact) mass is 396 g/mol. The van der Waals surface area contributed by atoms with E-state index in [0.29, 0.717) is 19.6 Å². The van der Waals surface area contributed by atoms with E-state index in [9.17, 15) is 4.79 Å². The Morgan fingerprint density at radius 2 is 1.93 bits per heavy atom. The molecule has 0 aliphatic heterocycles. The van der Waals surface area contributed by atoms with Crippen molar-refractivity contribution in [2.75, 3.05) is 0 Å². The van der Waals surface area contributed by atoms with Gasteiger partial charge in [-0.2, -0.15) is 0 Å². The SMILES string of the molecule is CC(C)OCc1cccc(CNC(=O)CCCCc2nc3ccccc3s2)c1. The van der Waals surface area contributed by atoms with E-state index in [0.717, 1.165) is 40.9 Å². The summed E-state index contributed by atoms with van der Waals surface area (Å²) in [4.78, 5) is 16.8. The lowest BCUT2D eigenvalue weighted by atomic mass is 10.1. The van der Waals surface area contributed by atoms with Gasteiger partial charge in [-0.3, -0.25) is 4.79 Å². The molecule has 1 heterocycles. The first-order valence-electron chi connectivity index (χ1n) is 9.91. The van der Waals surface area contributed by atoms with Crippen molar-refractivity contribution in [1.29, 1.82) is 0 Å². The molecule has 0 spiro atoms. The van der Waals surface area contributed by atoms with E-state index in [4.69, 9.17) is 4.74 Å². The van der Waals surface area contributed by atoms with Crippen molar-refractivity contribution in [3.63, 3.8) is 0 Å². The van der Waals surface area contributed by atoms with Crippen molar-refractivity contribution in [2.24, 2.45) is 0 Å². The molecule has 0 radical (unpaired) electrons. The number of ether oxygens (including phenoxy) is 1. The molecule has 148 valence electrons. The molecule has 1 amide bonds. The molecular formula is C23H28N2O2S. The summed E-state index contributed by atoms with van der Waals surface area (Å²) in [5.74, 6) is 0.105. The summed E-state index contributed by atoms with van der Waals surface area (Å²) >= 11 is 1.75. The number of aromatic nitrogens is 1. The zero-order valence-electron chi connectivity index (χ0n) is 16.6. The molecule has 3 rings (SSSR count). The number of aryl methyl sites for hydroxylation is 1. The second-order valence-electron chi connectivity index (χ2n) is 7.24. The highest BCUT2D eigenvalue weighted by Gasteiger charge is 2.05. The quantitative estimate of drug-likeness (QED) is 0.476. The number of fused-ring (bicyclic) bond motifs is 1. The lowest BCUT2D eigenvalue weighted by Gasteiger charge is -2.10. The van der Waals surface area contributed by atoms with Gasteiger partial charge in [-0.25, -0.2) is 4.98 Å². The van der Waals surface area contributed by atoms with E-state index in [1.807, 2.05) is 44.2 Å². The normalized spacial score (nSPS) is 11.2. The van der Waals surface area contributed by atoms with Gasteiger partial charge in [0.2, 0.25) is 5.91 Å². The lowest BCUT2D eigenvalue weighted by Crippen LogP contribution is -2.22. The first kappa shape index (κ1) is 20.5. The van der Waals surface area contributed by atoms with Gasteiger partial charge in [0.25, 0.3) is 0 Å². The molecule has 0 saturated heterocycles. The molecule has 4 nitrogen and oxygen atoms in total. The zero-order chi connectivity index (χ0) is 19.8. The third kappa shape index (κ3) is 6.43. The van der Waals surface area contributed by atoms with Crippen molar-refractivity contribution in [3.8, 4) is 0 Å². The summed E-state index contributed by atoms with van der Waals surface area (Å²) in [7, 11) is 0. The Bertz CT molecular complexity index is 871. The molecule has 0 aliphatic rings. The van der Waals surface area contributed by atoms with Crippen molar-refractivity contribution < 1.29 is 9.53 Å². The van der Waals surface area contributed by atoms with Gasteiger partial charge < -0.3 is 10.1 Å². The fourth-order valence-corrected chi connectivity index (χ4v) is 3.98. The Morgan fingerprint density at radius 1 is 1.11 bits per heavy atom. The maximum Gasteiger partial charge on any atom is 0.220 e. The molecule has 0 atom stereocenters. The summed E-state index contributed by atoms with van der Waals surface area (Å²) in [5.41, 5.74) is 3.31. The smallest absolute Gasteiger partial charge is 0.220 e. The van der Waals surface area contributed by atoms with Crippen molar-refractivity contribution in [1.82, 2.24) is 10.3 Å². The van der Waals surface area contributed by atoms with Crippen molar-refractivity contribution in [3.05, 3.63) is 64.7 Å². The highest BCUT2D eigenvalue weighted by molar-refractivity contribution is 7.18. The predicted molar refractivity (Wildman–Crippen MR) is 115 cm³/mol. The number of nitrogens with zero attached hydrogens (tertiary/aromatic N) is 1. The average molecular weight is 397 g/mol. The highest BCUT2D eigenvalue weighted by Crippen LogP contribution is 2.22. The van der Waals surface area contributed by atoms with Crippen LogP contribution in [0.3, 0.4) is 0 Å². The number of thiazole rings is 1. The van der Waals surface area contributed by atoms with Crippen LogP contribution in [0.5, 0.6) is 0 Å². The Kier molecular flexibility index (Phi) is 7.57. The van der Waals surface area contributed by atoms with E-state index in [-0.39, 0.29) is 12.0 Å². The van der Waals surface area contributed by atoms with Crippen molar-refractivity contribution >= 4 is 27.5 Å². The Morgan fingerprint density at radius 3 is 2.75 bits per heavy atom. The molecule has 1 N–H and O–H groups in total. The van der Waals surface area contributed by atoms with Crippen LogP contribution in [0.4, 0.5) is 0 Å². The van der Waals surface area contributed by atoms with Crippen LogP contribution in [-0.4, -0.2) is 17.0 Å². The van der Waals surface area contributed by atoms with Crippen LogP contribution >= 0.6 is 11.3 Å². The topological polar surface area (TPSA) is 51.2 Å². The molecular weight excluding hydrogens is 368 g/mol. The fourth-order valence-electron chi connectivity index (χ4n) is 2.97. The second-order valence-corrected chi connectivity index (χ2v) is 8.35. The number of benzene rings is 2. The largest absolute Gasteiger partial charge is 0.374 e. The first-order valence-corrected chi connectivity index (χ1v) is 10.7. The van der Waals surface area contributed by atoms with Gasteiger partial charge in [-0.1, -0.05) is 36.4 Å². The number of carbonyl (C=O) groups is 1. The van der Waals surface area contributed by atoms with Gasteiger partial charge >= 0.3 is 0 Å². The summed E-state index contributed by atoms with van der Waals surface area (Å²) in [6.45, 7) is 5.22. The zero-order valence-corrected chi connectivity index (χ0v) is 17.4. The number of hydrogen-bond donors (Lipinski definition) is 1. The van der Waals surface area contributed by atoms with Crippen LogP contribution in [0.2, 0.25) is 0 Å². The molecule has 0 saturated carbocycles. The molecule has 0 unspecified atom stereocenters. The number of amides is 1. The summed E-state index contributed by atoms with van der Waals surface area (Å²) in [5, 5.41) is 4.17. The number of nitrogens with one attached hydrogen (secondary N) is 1. The van der Waals surface area contributed by atoms with Gasteiger partial charge in [-0.05, 0) is 56.4 Å². The maximum absolute atomic E-state index is 12.1. The lowest BCUT2D eigenvalue weighted by molar-refractivity contribution is -0.121.